The monoisotopic (exact) mass is 251 g/mol. The Kier molecular flexibility index (Phi) is 3.39. The van der Waals surface area contributed by atoms with Crippen molar-refractivity contribution in [2.24, 2.45) is 0 Å². The molecule has 0 fully saturated rings. The van der Waals surface area contributed by atoms with Crippen LogP contribution in [-0.4, -0.2) is 34.4 Å². The average molecular weight is 251 g/mol. The Morgan fingerprint density at radius 1 is 1.53 bits per heavy atom. The third-order valence-corrected chi connectivity index (χ3v) is 1.74. The second-order valence-electron chi connectivity index (χ2n) is 2.88. The molecular formula is C8H8F3N3O3. The molecule has 0 saturated carbocycles. The third-order valence-electron chi connectivity index (χ3n) is 1.74. The van der Waals surface area contributed by atoms with Crippen LogP contribution in [-0.2, 0) is 4.74 Å². The molecule has 1 aromatic rings. The Hall–Kier alpha value is -2.06. The van der Waals surface area contributed by atoms with E-state index in [1.54, 1.807) is 0 Å². The van der Waals surface area contributed by atoms with E-state index in [4.69, 9.17) is 5.73 Å². The Morgan fingerprint density at radius 3 is 2.59 bits per heavy atom. The number of halogens is 3. The van der Waals surface area contributed by atoms with E-state index in [0.717, 1.165) is 6.20 Å². The van der Waals surface area contributed by atoms with Gasteiger partial charge in [0.1, 0.15) is 11.4 Å². The quantitative estimate of drug-likeness (QED) is 0.787. The van der Waals surface area contributed by atoms with Gasteiger partial charge >= 0.3 is 18.1 Å². The van der Waals surface area contributed by atoms with Crippen molar-refractivity contribution in [1.29, 1.82) is 0 Å². The number of aromatic nitrogens is 2. The summed E-state index contributed by atoms with van der Waals surface area (Å²) in [7, 11) is 0. The summed E-state index contributed by atoms with van der Waals surface area (Å²) in [4.78, 5) is 22.0. The van der Waals surface area contributed by atoms with Gasteiger partial charge in [-0.2, -0.15) is 23.0 Å². The van der Waals surface area contributed by atoms with Gasteiger partial charge in [0.2, 0.25) is 0 Å². The molecule has 0 aromatic carbocycles. The lowest BCUT2D eigenvalue weighted by molar-refractivity contribution is -0.0953. The summed E-state index contributed by atoms with van der Waals surface area (Å²) in [6.45, 7) is 1.54. The predicted molar refractivity (Wildman–Crippen MR) is 49.3 cm³/mol. The SMILES string of the molecule is CCOC(=O)c1cnn(C(=O)C(F)(F)F)c1N. The number of ether oxygens (including phenoxy) is 1. The first-order chi connectivity index (χ1) is 7.79. The molecule has 0 spiro atoms. The van der Waals surface area contributed by atoms with Gasteiger partial charge in [-0.1, -0.05) is 0 Å². The van der Waals surface area contributed by atoms with Crippen LogP contribution in [0, 0.1) is 0 Å². The lowest BCUT2D eigenvalue weighted by Crippen LogP contribution is -2.31. The van der Waals surface area contributed by atoms with Gasteiger partial charge in [-0.15, -0.1) is 0 Å². The molecule has 0 amide bonds. The fraction of sp³-hybridized carbons (Fsp3) is 0.375. The van der Waals surface area contributed by atoms with E-state index in [1.165, 1.54) is 6.92 Å². The molecular weight excluding hydrogens is 243 g/mol. The highest BCUT2D eigenvalue weighted by atomic mass is 19.4. The summed E-state index contributed by atoms with van der Waals surface area (Å²) in [6.07, 6.45) is -4.37. The van der Waals surface area contributed by atoms with Crippen molar-refractivity contribution in [3.8, 4) is 0 Å². The van der Waals surface area contributed by atoms with Gasteiger partial charge in [-0.05, 0) is 6.92 Å². The molecule has 1 aromatic heterocycles. The fourth-order valence-corrected chi connectivity index (χ4v) is 1.01. The Morgan fingerprint density at radius 2 is 2.12 bits per heavy atom. The molecule has 2 N–H and O–H groups in total. The number of nitrogen functional groups attached to an aromatic ring is 1. The topological polar surface area (TPSA) is 87.2 Å². The number of anilines is 1. The van der Waals surface area contributed by atoms with Crippen LogP contribution in [0.2, 0.25) is 0 Å². The van der Waals surface area contributed by atoms with Crippen LogP contribution in [0.3, 0.4) is 0 Å². The predicted octanol–water partition coefficient (Wildman–Crippen LogP) is 0.845. The molecule has 1 rings (SSSR count). The minimum absolute atomic E-state index is 0.0245. The number of esters is 1. The zero-order valence-corrected chi connectivity index (χ0v) is 8.61. The van der Waals surface area contributed by atoms with Gasteiger partial charge in [-0.3, -0.25) is 4.79 Å². The molecule has 6 nitrogen and oxygen atoms in total. The van der Waals surface area contributed by atoms with E-state index in [0.29, 0.717) is 0 Å². The maximum absolute atomic E-state index is 12.1. The Labute approximate surface area is 93.1 Å². The molecule has 0 bridgehead atoms. The number of nitrogens with two attached hydrogens (primary N) is 1. The number of rotatable bonds is 2. The standard InChI is InChI=1S/C8H8F3N3O3/c1-2-17-6(15)4-3-13-14(5(4)12)7(16)8(9,10)11/h3H,2,12H2,1H3. The van der Waals surface area contributed by atoms with Gasteiger partial charge in [0, 0.05) is 0 Å². The minimum Gasteiger partial charge on any atom is -0.462 e. The van der Waals surface area contributed by atoms with Gasteiger partial charge in [-0.25, -0.2) is 4.79 Å². The molecule has 0 unspecified atom stereocenters. The Bertz CT molecular complexity index is 453. The van der Waals surface area contributed by atoms with Crippen molar-refractivity contribution in [2.75, 3.05) is 12.3 Å². The summed E-state index contributed by atoms with van der Waals surface area (Å²) in [5, 5.41) is 3.11. The number of alkyl halides is 3. The highest BCUT2D eigenvalue weighted by Crippen LogP contribution is 2.21. The smallest absolute Gasteiger partial charge is 0.462 e. The molecule has 0 atom stereocenters. The molecule has 17 heavy (non-hydrogen) atoms. The van der Waals surface area contributed by atoms with Crippen LogP contribution >= 0.6 is 0 Å². The van der Waals surface area contributed by atoms with Crippen molar-refractivity contribution >= 4 is 17.7 Å². The van der Waals surface area contributed by atoms with E-state index in [2.05, 4.69) is 9.84 Å². The van der Waals surface area contributed by atoms with Crippen LogP contribution in [0.25, 0.3) is 0 Å². The number of nitrogens with zero attached hydrogens (tertiary/aromatic N) is 2. The third kappa shape index (κ3) is 2.55. The molecule has 0 aliphatic carbocycles. The number of hydrogen-bond donors (Lipinski definition) is 1. The molecule has 9 heteroatoms. The number of carbonyl (C=O) groups excluding carboxylic acids is 2. The summed E-state index contributed by atoms with van der Waals surface area (Å²) in [5.74, 6) is -3.91. The number of hydrogen-bond acceptors (Lipinski definition) is 5. The first-order valence-electron chi connectivity index (χ1n) is 4.41. The second kappa shape index (κ2) is 4.44. The van der Waals surface area contributed by atoms with E-state index in [9.17, 15) is 22.8 Å². The van der Waals surface area contributed by atoms with E-state index < -0.39 is 23.9 Å². The molecule has 0 aliphatic rings. The molecule has 0 radical (unpaired) electrons. The van der Waals surface area contributed by atoms with Crippen LogP contribution in [0.5, 0.6) is 0 Å². The van der Waals surface area contributed by atoms with Gasteiger partial charge in [0.05, 0.1) is 12.8 Å². The van der Waals surface area contributed by atoms with Crippen LogP contribution in [0.15, 0.2) is 6.20 Å². The normalized spacial score (nSPS) is 11.3. The van der Waals surface area contributed by atoms with Crippen molar-refractivity contribution in [3.05, 3.63) is 11.8 Å². The second-order valence-corrected chi connectivity index (χ2v) is 2.88. The minimum atomic E-state index is -5.12. The van der Waals surface area contributed by atoms with E-state index >= 15 is 0 Å². The van der Waals surface area contributed by atoms with Crippen molar-refractivity contribution in [1.82, 2.24) is 9.78 Å². The maximum atomic E-state index is 12.1. The van der Waals surface area contributed by atoms with Crippen molar-refractivity contribution in [2.45, 2.75) is 13.1 Å². The van der Waals surface area contributed by atoms with Crippen LogP contribution < -0.4 is 5.73 Å². The Balaban J connectivity index is 3.07. The first kappa shape index (κ1) is 13.0. The maximum Gasteiger partial charge on any atom is 0.473 e. The van der Waals surface area contributed by atoms with Crippen molar-refractivity contribution in [3.63, 3.8) is 0 Å². The molecule has 0 saturated heterocycles. The first-order valence-corrected chi connectivity index (χ1v) is 4.41. The van der Waals surface area contributed by atoms with E-state index in [1.807, 2.05) is 0 Å². The largest absolute Gasteiger partial charge is 0.473 e. The van der Waals surface area contributed by atoms with Gasteiger partial charge < -0.3 is 10.5 Å². The lowest BCUT2D eigenvalue weighted by Gasteiger charge is -2.06. The van der Waals surface area contributed by atoms with E-state index in [-0.39, 0.29) is 16.9 Å². The zero-order chi connectivity index (χ0) is 13.2. The number of carbonyl (C=O) groups is 2. The summed E-state index contributed by atoms with van der Waals surface area (Å²) in [5.41, 5.74) is 4.83. The van der Waals surface area contributed by atoms with Crippen LogP contribution in [0.4, 0.5) is 19.0 Å². The highest BCUT2D eigenvalue weighted by Gasteiger charge is 2.42. The lowest BCUT2D eigenvalue weighted by atomic mass is 10.3. The fourth-order valence-electron chi connectivity index (χ4n) is 1.01. The summed E-state index contributed by atoms with van der Waals surface area (Å²) in [6, 6.07) is 0. The van der Waals surface area contributed by atoms with Gasteiger partial charge in [0.15, 0.2) is 0 Å². The molecule has 0 aliphatic heterocycles. The molecule has 94 valence electrons. The van der Waals surface area contributed by atoms with Gasteiger partial charge in [0.25, 0.3) is 0 Å². The van der Waals surface area contributed by atoms with Crippen molar-refractivity contribution < 1.29 is 27.5 Å². The van der Waals surface area contributed by atoms with Crippen LogP contribution in [0.1, 0.15) is 22.1 Å². The summed E-state index contributed by atoms with van der Waals surface area (Å²) >= 11 is 0. The zero-order valence-electron chi connectivity index (χ0n) is 8.61. The highest BCUT2D eigenvalue weighted by molar-refractivity contribution is 5.97. The summed E-state index contributed by atoms with van der Waals surface area (Å²) < 4.78 is 40.7. The molecule has 1 heterocycles. The average Bonchev–Trinajstić information content (AvgIpc) is 2.58.